The number of hydrogen-bond acceptors (Lipinski definition) is 4. The van der Waals surface area contributed by atoms with Crippen LogP contribution >= 0.6 is 15.9 Å². The van der Waals surface area contributed by atoms with E-state index in [-0.39, 0.29) is 19.0 Å². The first kappa shape index (κ1) is 11.0. The van der Waals surface area contributed by atoms with Gasteiger partial charge in [0.1, 0.15) is 12.4 Å². The van der Waals surface area contributed by atoms with Crippen LogP contribution in [0.15, 0.2) is 27.8 Å². The highest BCUT2D eigenvalue weighted by Gasteiger charge is 1.98. The first-order valence-electron chi connectivity index (χ1n) is 3.98. The van der Waals surface area contributed by atoms with Crippen molar-refractivity contribution >= 4 is 22.1 Å². The molecule has 1 aromatic carbocycles. The van der Waals surface area contributed by atoms with E-state index in [9.17, 15) is 5.11 Å². The van der Waals surface area contributed by atoms with E-state index in [1.54, 1.807) is 18.2 Å². The number of aliphatic hydroxyl groups is 1. The molecule has 1 aromatic rings. The van der Waals surface area contributed by atoms with Crippen LogP contribution in [0.5, 0.6) is 5.75 Å². The van der Waals surface area contributed by atoms with E-state index >= 15 is 0 Å². The third-order valence-electron chi connectivity index (χ3n) is 1.44. The largest absolute Gasteiger partial charge is 0.507 e. The summed E-state index contributed by atoms with van der Waals surface area (Å²) in [6.45, 7) is 0.0626. The molecule has 0 spiro atoms. The monoisotopic (exact) mass is 259 g/mol. The summed E-state index contributed by atoms with van der Waals surface area (Å²) in [4.78, 5) is 4.67. The Morgan fingerprint density at radius 3 is 3.00 bits per heavy atom. The van der Waals surface area contributed by atoms with Crippen LogP contribution in [-0.4, -0.2) is 29.6 Å². The molecular formula is C9H10BrNO3. The second-order valence-corrected chi connectivity index (χ2v) is 3.41. The highest BCUT2D eigenvalue weighted by molar-refractivity contribution is 9.10. The third kappa shape index (κ3) is 3.35. The molecule has 4 nitrogen and oxygen atoms in total. The molecule has 0 aliphatic heterocycles. The molecular weight excluding hydrogens is 250 g/mol. The van der Waals surface area contributed by atoms with E-state index < -0.39 is 0 Å². The average Bonchev–Trinajstić information content (AvgIpc) is 2.18. The molecule has 5 heteroatoms. The molecule has 2 N–H and O–H groups in total. The fourth-order valence-corrected chi connectivity index (χ4v) is 1.20. The molecule has 76 valence electrons. The SMILES string of the molecule is OCCO/N=C/c1cc(Br)ccc1O. The fourth-order valence-electron chi connectivity index (χ4n) is 0.816. The van der Waals surface area contributed by atoms with Crippen LogP contribution in [0.4, 0.5) is 0 Å². The maximum absolute atomic E-state index is 9.37. The van der Waals surface area contributed by atoms with Crippen molar-refractivity contribution in [2.45, 2.75) is 0 Å². The van der Waals surface area contributed by atoms with Crippen molar-refractivity contribution in [1.82, 2.24) is 0 Å². The third-order valence-corrected chi connectivity index (χ3v) is 1.93. The van der Waals surface area contributed by atoms with E-state index in [1.807, 2.05) is 0 Å². The number of rotatable bonds is 4. The van der Waals surface area contributed by atoms with E-state index in [4.69, 9.17) is 5.11 Å². The van der Waals surface area contributed by atoms with Gasteiger partial charge in [-0.3, -0.25) is 0 Å². The standard InChI is InChI=1S/C9H10BrNO3/c10-8-1-2-9(13)7(5-8)6-11-14-4-3-12/h1-2,5-6,12-13H,3-4H2/b11-6+. The van der Waals surface area contributed by atoms with Crippen LogP contribution in [0.25, 0.3) is 0 Å². The second-order valence-electron chi connectivity index (χ2n) is 2.49. The lowest BCUT2D eigenvalue weighted by Gasteiger charge is -1.99. The first-order valence-corrected chi connectivity index (χ1v) is 4.78. The van der Waals surface area contributed by atoms with E-state index in [0.717, 1.165) is 4.47 Å². The molecule has 0 unspecified atom stereocenters. The summed E-state index contributed by atoms with van der Waals surface area (Å²) in [5.74, 6) is 0.129. The van der Waals surface area contributed by atoms with Gasteiger partial charge in [-0.1, -0.05) is 21.1 Å². The predicted molar refractivity (Wildman–Crippen MR) is 56.4 cm³/mol. The molecule has 0 saturated carbocycles. The van der Waals surface area contributed by atoms with Gasteiger partial charge < -0.3 is 15.1 Å². The molecule has 0 bridgehead atoms. The molecule has 0 saturated heterocycles. The molecule has 1 rings (SSSR count). The topological polar surface area (TPSA) is 62.0 Å². The minimum Gasteiger partial charge on any atom is -0.507 e. The molecule has 0 atom stereocenters. The predicted octanol–water partition coefficient (Wildman–Crippen LogP) is 1.50. The van der Waals surface area contributed by atoms with Crippen molar-refractivity contribution in [1.29, 1.82) is 0 Å². The Balaban J connectivity index is 2.65. The van der Waals surface area contributed by atoms with Gasteiger partial charge in [0.25, 0.3) is 0 Å². The number of phenols is 1. The Labute approximate surface area is 89.9 Å². The molecule has 0 radical (unpaired) electrons. The number of aromatic hydroxyl groups is 1. The number of nitrogens with zero attached hydrogens (tertiary/aromatic N) is 1. The summed E-state index contributed by atoms with van der Waals surface area (Å²) in [5.41, 5.74) is 0.553. The quantitative estimate of drug-likeness (QED) is 0.490. The van der Waals surface area contributed by atoms with Gasteiger partial charge in [-0.05, 0) is 18.2 Å². The van der Waals surface area contributed by atoms with Crippen molar-refractivity contribution in [3.05, 3.63) is 28.2 Å². The van der Waals surface area contributed by atoms with Crippen molar-refractivity contribution in [2.75, 3.05) is 13.2 Å². The van der Waals surface area contributed by atoms with Gasteiger partial charge in [0.2, 0.25) is 0 Å². The van der Waals surface area contributed by atoms with E-state index in [2.05, 4.69) is 25.9 Å². The van der Waals surface area contributed by atoms with Crippen LogP contribution in [0.2, 0.25) is 0 Å². The molecule has 0 amide bonds. The highest BCUT2D eigenvalue weighted by atomic mass is 79.9. The minimum atomic E-state index is -0.0815. The lowest BCUT2D eigenvalue weighted by Crippen LogP contribution is -1.93. The van der Waals surface area contributed by atoms with Crippen molar-refractivity contribution in [2.24, 2.45) is 5.16 Å². The van der Waals surface area contributed by atoms with Gasteiger partial charge in [-0.15, -0.1) is 0 Å². The zero-order chi connectivity index (χ0) is 10.4. The summed E-state index contributed by atoms with van der Waals surface area (Å²) >= 11 is 3.27. The van der Waals surface area contributed by atoms with Gasteiger partial charge in [0, 0.05) is 10.0 Å². The first-order chi connectivity index (χ1) is 6.74. The highest BCUT2D eigenvalue weighted by Crippen LogP contribution is 2.19. The van der Waals surface area contributed by atoms with Crippen LogP contribution in [-0.2, 0) is 4.84 Å². The van der Waals surface area contributed by atoms with Crippen molar-refractivity contribution in [3.63, 3.8) is 0 Å². The number of halogens is 1. The summed E-state index contributed by atoms with van der Waals surface area (Å²) in [6, 6.07) is 4.99. The molecule has 0 aliphatic carbocycles. The van der Waals surface area contributed by atoms with Crippen LogP contribution in [0.1, 0.15) is 5.56 Å². The smallest absolute Gasteiger partial charge is 0.140 e. The van der Waals surface area contributed by atoms with Crippen LogP contribution in [0.3, 0.4) is 0 Å². The van der Waals surface area contributed by atoms with E-state index in [1.165, 1.54) is 6.21 Å². The van der Waals surface area contributed by atoms with Gasteiger partial charge in [-0.2, -0.15) is 0 Å². The molecule has 0 aliphatic rings. The van der Waals surface area contributed by atoms with Crippen molar-refractivity contribution < 1.29 is 15.1 Å². The second kappa shape index (κ2) is 5.62. The Morgan fingerprint density at radius 2 is 2.29 bits per heavy atom. The van der Waals surface area contributed by atoms with E-state index in [0.29, 0.717) is 5.56 Å². The number of hydrogen-bond donors (Lipinski definition) is 2. The summed E-state index contributed by atoms with van der Waals surface area (Å²) < 4.78 is 0.846. The van der Waals surface area contributed by atoms with Gasteiger partial charge >= 0.3 is 0 Å². The Bertz CT molecular complexity index is 328. The zero-order valence-electron chi connectivity index (χ0n) is 7.35. The molecule has 0 heterocycles. The lowest BCUT2D eigenvalue weighted by molar-refractivity contribution is 0.0997. The zero-order valence-corrected chi connectivity index (χ0v) is 8.94. The van der Waals surface area contributed by atoms with Gasteiger partial charge in [0.15, 0.2) is 0 Å². The summed E-state index contributed by atoms with van der Waals surface area (Å²) in [6.07, 6.45) is 1.38. The number of benzene rings is 1. The van der Waals surface area contributed by atoms with Crippen molar-refractivity contribution in [3.8, 4) is 5.75 Å². The minimum absolute atomic E-state index is 0.0815. The van der Waals surface area contributed by atoms with Gasteiger partial charge in [-0.25, -0.2) is 0 Å². The van der Waals surface area contributed by atoms with Crippen LogP contribution in [0, 0.1) is 0 Å². The molecule has 0 aromatic heterocycles. The number of phenolic OH excluding ortho intramolecular Hbond substituents is 1. The number of aliphatic hydroxyl groups excluding tert-OH is 1. The Hall–Kier alpha value is -1.07. The summed E-state index contributed by atoms with van der Waals surface area (Å²) in [5, 5.41) is 21.3. The van der Waals surface area contributed by atoms with Crippen LogP contribution < -0.4 is 0 Å². The fraction of sp³-hybridized carbons (Fsp3) is 0.222. The average molecular weight is 260 g/mol. The van der Waals surface area contributed by atoms with Gasteiger partial charge in [0.05, 0.1) is 12.8 Å². The Kier molecular flexibility index (Phi) is 4.42. The maximum atomic E-state index is 9.37. The molecule has 14 heavy (non-hydrogen) atoms. The number of oxime groups is 1. The molecule has 0 fully saturated rings. The lowest BCUT2D eigenvalue weighted by atomic mass is 10.2. The Morgan fingerprint density at radius 1 is 1.50 bits per heavy atom. The maximum Gasteiger partial charge on any atom is 0.140 e. The summed E-state index contributed by atoms with van der Waals surface area (Å²) in [7, 11) is 0. The normalized spacial score (nSPS) is 10.7.